The van der Waals surface area contributed by atoms with E-state index in [1.165, 1.54) is 21.8 Å². The fraction of sp³-hybridized carbons (Fsp3) is 0.0400. The molecule has 34 heavy (non-hydrogen) atoms. The van der Waals surface area contributed by atoms with Crippen LogP contribution >= 0.6 is 11.6 Å². The molecule has 0 aliphatic heterocycles. The second-order valence-electron chi connectivity index (χ2n) is 7.34. The van der Waals surface area contributed by atoms with Crippen molar-refractivity contribution in [2.45, 2.75) is 6.61 Å². The number of hydrogen-bond donors (Lipinski definition) is 1. The van der Waals surface area contributed by atoms with Gasteiger partial charge in [-0.2, -0.15) is 9.78 Å². The van der Waals surface area contributed by atoms with E-state index >= 15 is 0 Å². The van der Waals surface area contributed by atoms with Gasteiger partial charge in [0.1, 0.15) is 11.4 Å². The summed E-state index contributed by atoms with van der Waals surface area (Å²) in [6.45, 7) is -0.321. The standard InChI is InChI=1S/C25H18ClN5O3/c26-19-8-10-20(11-9-19)31-25(33)24(23(15-28-31)30-21(16-32)14-27-29-30)34-22-12-6-18(7-13-22)17-4-2-1-3-5-17/h1-15,32H,16H2. The Morgan fingerprint density at radius 3 is 2.26 bits per heavy atom. The summed E-state index contributed by atoms with van der Waals surface area (Å²) in [5.74, 6) is 0.440. The van der Waals surface area contributed by atoms with Crippen molar-refractivity contribution < 1.29 is 9.84 Å². The molecule has 0 radical (unpaired) electrons. The normalized spacial score (nSPS) is 10.9. The zero-order chi connectivity index (χ0) is 23.5. The van der Waals surface area contributed by atoms with Gasteiger partial charge in [-0.1, -0.05) is 59.3 Å². The average Bonchev–Trinajstić information content (AvgIpc) is 3.36. The third kappa shape index (κ3) is 4.19. The highest BCUT2D eigenvalue weighted by molar-refractivity contribution is 6.30. The topological polar surface area (TPSA) is 95.1 Å². The van der Waals surface area contributed by atoms with E-state index in [1.54, 1.807) is 36.4 Å². The van der Waals surface area contributed by atoms with Crippen LogP contribution in [0.2, 0.25) is 5.02 Å². The van der Waals surface area contributed by atoms with Gasteiger partial charge in [-0.15, -0.1) is 5.10 Å². The van der Waals surface area contributed by atoms with Crippen molar-refractivity contribution >= 4 is 11.6 Å². The molecule has 0 fully saturated rings. The van der Waals surface area contributed by atoms with Gasteiger partial charge in [0.2, 0.25) is 5.75 Å². The quantitative estimate of drug-likeness (QED) is 0.394. The van der Waals surface area contributed by atoms with Crippen LogP contribution in [0.4, 0.5) is 0 Å². The maximum Gasteiger partial charge on any atom is 0.316 e. The van der Waals surface area contributed by atoms with Gasteiger partial charge in [-0.3, -0.25) is 4.79 Å². The molecule has 0 atom stereocenters. The van der Waals surface area contributed by atoms with Crippen LogP contribution in [-0.2, 0) is 6.61 Å². The minimum atomic E-state index is -0.508. The van der Waals surface area contributed by atoms with Crippen LogP contribution < -0.4 is 10.3 Å². The van der Waals surface area contributed by atoms with Gasteiger partial charge in [0.15, 0.2) is 0 Å². The SMILES string of the molecule is O=c1c(Oc2ccc(-c3ccccc3)cc2)c(-n2nncc2CO)cnn1-c1ccc(Cl)cc1. The van der Waals surface area contributed by atoms with E-state index in [0.717, 1.165) is 11.1 Å². The molecule has 0 bridgehead atoms. The highest BCUT2D eigenvalue weighted by atomic mass is 35.5. The highest BCUT2D eigenvalue weighted by Gasteiger charge is 2.19. The van der Waals surface area contributed by atoms with Gasteiger partial charge in [0.05, 0.1) is 30.4 Å². The van der Waals surface area contributed by atoms with Crippen molar-refractivity contribution in [3.8, 4) is 34.0 Å². The molecule has 0 saturated heterocycles. The first-order chi connectivity index (χ1) is 16.6. The molecule has 5 aromatic rings. The summed E-state index contributed by atoms with van der Waals surface area (Å²) in [6.07, 6.45) is 2.85. The monoisotopic (exact) mass is 471 g/mol. The molecule has 0 unspecified atom stereocenters. The minimum Gasteiger partial charge on any atom is -0.449 e. The van der Waals surface area contributed by atoms with Crippen molar-refractivity contribution in [2.24, 2.45) is 0 Å². The molecule has 0 aliphatic carbocycles. The molecule has 0 amide bonds. The molecule has 8 nitrogen and oxygen atoms in total. The second kappa shape index (κ2) is 9.30. The van der Waals surface area contributed by atoms with Crippen molar-refractivity contribution in [3.05, 3.63) is 112 Å². The molecular weight excluding hydrogens is 454 g/mol. The fourth-order valence-electron chi connectivity index (χ4n) is 3.47. The van der Waals surface area contributed by atoms with Crippen molar-refractivity contribution in [1.29, 1.82) is 0 Å². The molecule has 0 saturated carbocycles. The summed E-state index contributed by atoms with van der Waals surface area (Å²) in [7, 11) is 0. The molecule has 0 aliphatic rings. The summed E-state index contributed by atoms with van der Waals surface area (Å²) in [5.41, 5.74) is 2.73. The van der Waals surface area contributed by atoms with Gasteiger partial charge in [-0.25, -0.2) is 4.68 Å². The van der Waals surface area contributed by atoms with E-state index in [-0.39, 0.29) is 18.0 Å². The van der Waals surface area contributed by atoms with E-state index in [0.29, 0.717) is 22.2 Å². The Hall–Kier alpha value is -4.27. The average molecular weight is 472 g/mol. The Balaban J connectivity index is 1.59. The van der Waals surface area contributed by atoms with Gasteiger partial charge in [0.25, 0.3) is 0 Å². The fourth-order valence-corrected chi connectivity index (χ4v) is 3.60. The van der Waals surface area contributed by atoms with Crippen LogP contribution in [0.15, 0.2) is 96.1 Å². The summed E-state index contributed by atoms with van der Waals surface area (Å²) in [6, 6.07) is 24.0. The van der Waals surface area contributed by atoms with Gasteiger partial charge < -0.3 is 9.84 Å². The molecular formula is C25H18ClN5O3. The Labute approximate surface area is 199 Å². The lowest BCUT2D eigenvalue weighted by molar-refractivity contribution is 0.273. The van der Waals surface area contributed by atoms with E-state index < -0.39 is 5.56 Å². The number of aliphatic hydroxyl groups is 1. The van der Waals surface area contributed by atoms with Crippen LogP contribution in [0.5, 0.6) is 11.5 Å². The zero-order valence-electron chi connectivity index (χ0n) is 17.7. The lowest BCUT2D eigenvalue weighted by Gasteiger charge is -2.14. The Kier molecular flexibility index (Phi) is 5.90. The highest BCUT2D eigenvalue weighted by Crippen LogP contribution is 2.28. The summed E-state index contributed by atoms with van der Waals surface area (Å²) < 4.78 is 8.61. The predicted molar refractivity (Wildman–Crippen MR) is 128 cm³/mol. The number of aliphatic hydroxyl groups excluding tert-OH is 1. The van der Waals surface area contributed by atoms with Crippen molar-refractivity contribution in [3.63, 3.8) is 0 Å². The minimum absolute atomic E-state index is 0.0161. The van der Waals surface area contributed by atoms with E-state index in [4.69, 9.17) is 16.3 Å². The molecule has 168 valence electrons. The third-order valence-corrected chi connectivity index (χ3v) is 5.43. The van der Waals surface area contributed by atoms with E-state index in [9.17, 15) is 9.90 Å². The number of halogens is 1. The Bertz CT molecular complexity index is 1480. The Morgan fingerprint density at radius 1 is 0.853 bits per heavy atom. The molecule has 3 aromatic carbocycles. The maximum atomic E-state index is 13.5. The first-order valence-electron chi connectivity index (χ1n) is 10.4. The van der Waals surface area contributed by atoms with Gasteiger partial charge >= 0.3 is 5.56 Å². The smallest absolute Gasteiger partial charge is 0.316 e. The lowest BCUT2D eigenvalue weighted by Crippen LogP contribution is -2.24. The molecule has 9 heteroatoms. The maximum absolute atomic E-state index is 13.5. The number of hydrogen-bond acceptors (Lipinski definition) is 6. The second-order valence-corrected chi connectivity index (χ2v) is 7.78. The lowest BCUT2D eigenvalue weighted by atomic mass is 10.1. The van der Waals surface area contributed by atoms with Crippen LogP contribution in [0, 0.1) is 0 Å². The van der Waals surface area contributed by atoms with Crippen LogP contribution in [0.25, 0.3) is 22.5 Å². The number of aromatic nitrogens is 5. The number of ether oxygens (including phenoxy) is 1. The third-order valence-electron chi connectivity index (χ3n) is 5.18. The van der Waals surface area contributed by atoms with Crippen molar-refractivity contribution in [1.82, 2.24) is 24.8 Å². The molecule has 1 N–H and O–H groups in total. The molecule has 2 heterocycles. The molecule has 0 spiro atoms. The number of nitrogens with zero attached hydrogens (tertiary/aromatic N) is 5. The Morgan fingerprint density at radius 2 is 1.56 bits per heavy atom. The molecule has 5 rings (SSSR count). The summed E-state index contributed by atoms with van der Waals surface area (Å²) in [5, 5.41) is 22.3. The van der Waals surface area contributed by atoms with Gasteiger partial charge in [-0.05, 0) is 47.5 Å². The van der Waals surface area contributed by atoms with E-state index in [2.05, 4.69) is 15.4 Å². The van der Waals surface area contributed by atoms with Crippen LogP contribution in [-0.4, -0.2) is 29.9 Å². The van der Waals surface area contributed by atoms with Gasteiger partial charge in [0, 0.05) is 5.02 Å². The molecule has 2 aromatic heterocycles. The first-order valence-corrected chi connectivity index (χ1v) is 10.7. The summed E-state index contributed by atoms with van der Waals surface area (Å²) >= 11 is 5.99. The number of benzene rings is 3. The first kappa shape index (κ1) is 21.6. The largest absolute Gasteiger partial charge is 0.449 e. The van der Waals surface area contributed by atoms with Crippen molar-refractivity contribution in [2.75, 3.05) is 0 Å². The predicted octanol–water partition coefficient (Wildman–Crippen LogP) is 4.42. The summed E-state index contributed by atoms with van der Waals surface area (Å²) in [4.78, 5) is 13.5. The zero-order valence-corrected chi connectivity index (χ0v) is 18.5. The number of rotatable bonds is 6. The van der Waals surface area contributed by atoms with Crippen LogP contribution in [0.1, 0.15) is 5.69 Å². The van der Waals surface area contributed by atoms with E-state index in [1.807, 2.05) is 42.5 Å². The van der Waals surface area contributed by atoms with Crippen LogP contribution in [0.3, 0.4) is 0 Å².